The third kappa shape index (κ3) is 5.34. The average Bonchev–Trinajstić information content (AvgIpc) is 2.50. The van der Waals surface area contributed by atoms with Gasteiger partial charge in [0.15, 0.2) is 0 Å². The van der Waals surface area contributed by atoms with Crippen molar-refractivity contribution in [2.45, 2.75) is 52.6 Å². The van der Waals surface area contributed by atoms with E-state index in [-0.39, 0.29) is 23.8 Å². The van der Waals surface area contributed by atoms with E-state index in [1.807, 2.05) is 27.7 Å². The van der Waals surface area contributed by atoms with E-state index in [0.29, 0.717) is 10.6 Å². The normalized spacial score (nSPS) is 12.3. The van der Waals surface area contributed by atoms with Gasteiger partial charge >= 0.3 is 0 Å². The Kier molecular flexibility index (Phi) is 7.39. The molecule has 0 radical (unpaired) electrons. The van der Waals surface area contributed by atoms with Crippen LogP contribution in [0.4, 0.5) is 0 Å². The summed E-state index contributed by atoms with van der Waals surface area (Å²) in [6.45, 7) is 7.90. The van der Waals surface area contributed by atoms with Crippen LogP contribution in [0.5, 0.6) is 0 Å². The molecule has 1 aromatic rings. The van der Waals surface area contributed by atoms with Crippen LogP contribution in [0.25, 0.3) is 0 Å². The lowest BCUT2D eigenvalue weighted by Crippen LogP contribution is -2.51. The van der Waals surface area contributed by atoms with Gasteiger partial charge in [-0.15, -0.1) is 0 Å². The second kappa shape index (κ2) is 8.79. The van der Waals surface area contributed by atoms with Crippen molar-refractivity contribution in [3.63, 3.8) is 0 Å². The standard InChI is InChI=1S/C17H25ClN2O2/c1-5-14(6-2)19-17(22)15(11(3)4)20-16(21)12-7-9-13(18)10-8-12/h7-11,14-15H,5-6H2,1-4H3,(H,19,22)(H,20,21). The van der Waals surface area contributed by atoms with Crippen molar-refractivity contribution in [3.8, 4) is 0 Å². The van der Waals surface area contributed by atoms with Crippen LogP contribution in [0.3, 0.4) is 0 Å². The van der Waals surface area contributed by atoms with Crippen molar-refractivity contribution in [1.29, 1.82) is 0 Å². The van der Waals surface area contributed by atoms with Crippen molar-refractivity contribution in [1.82, 2.24) is 10.6 Å². The molecular formula is C17H25ClN2O2. The molecule has 122 valence electrons. The summed E-state index contributed by atoms with van der Waals surface area (Å²) in [6.07, 6.45) is 1.75. The number of benzene rings is 1. The molecular weight excluding hydrogens is 300 g/mol. The van der Waals surface area contributed by atoms with Crippen LogP contribution in [0.2, 0.25) is 5.02 Å². The summed E-state index contributed by atoms with van der Waals surface area (Å²) in [6, 6.07) is 6.20. The van der Waals surface area contributed by atoms with Crippen LogP contribution < -0.4 is 10.6 Å². The fourth-order valence-corrected chi connectivity index (χ4v) is 2.27. The van der Waals surface area contributed by atoms with E-state index in [4.69, 9.17) is 11.6 Å². The Morgan fingerprint density at radius 2 is 1.59 bits per heavy atom. The summed E-state index contributed by atoms with van der Waals surface area (Å²) >= 11 is 5.82. The van der Waals surface area contributed by atoms with Crippen LogP contribution >= 0.6 is 11.6 Å². The van der Waals surface area contributed by atoms with Crippen molar-refractivity contribution >= 4 is 23.4 Å². The van der Waals surface area contributed by atoms with E-state index in [1.54, 1.807) is 24.3 Å². The van der Waals surface area contributed by atoms with E-state index < -0.39 is 6.04 Å². The Morgan fingerprint density at radius 1 is 1.05 bits per heavy atom. The largest absolute Gasteiger partial charge is 0.352 e. The van der Waals surface area contributed by atoms with Gasteiger partial charge in [0.25, 0.3) is 5.91 Å². The third-order valence-corrected chi connectivity index (χ3v) is 3.93. The number of nitrogens with one attached hydrogen (secondary N) is 2. The molecule has 1 aromatic carbocycles. The van der Waals surface area contributed by atoms with Gasteiger partial charge in [0.05, 0.1) is 0 Å². The van der Waals surface area contributed by atoms with Gasteiger partial charge in [-0.1, -0.05) is 39.3 Å². The van der Waals surface area contributed by atoms with Gasteiger partial charge in [-0.05, 0) is 43.0 Å². The first kappa shape index (κ1) is 18.5. The lowest BCUT2D eigenvalue weighted by Gasteiger charge is -2.24. The molecule has 22 heavy (non-hydrogen) atoms. The Hall–Kier alpha value is -1.55. The van der Waals surface area contributed by atoms with Crippen LogP contribution in [0, 0.1) is 5.92 Å². The zero-order valence-corrected chi connectivity index (χ0v) is 14.4. The first-order valence-electron chi connectivity index (χ1n) is 7.75. The summed E-state index contributed by atoms with van der Waals surface area (Å²) in [7, 11) is 0. The summed E-state index contributed by atoms with van der Waals surface area (Å²) in [5.41, 5.74) is 0.491. The predicted molar refractivity (Wildman–Crippen MR) is 90.1 cm³/mol. The Morgan fingerprint density at radius 3 is 2.05 bits per heavy atom. The van der Waals surface area contributed by atoms with Gasteiger partial charge in [-0.2, -0.15) is 0 Å². The lowest BCUT2D eigenvalue weighted by atomic mass is 10.0. The first-order chi connectivity index (χ1) is 10.4. The molecule has 0 saturated heterocycles. The number of amides is 2. The quantitative estimate of drug-likeness (QED) is 0.807. The highest BCUT2D eigenvalue weighted by atomic mass is 35.5. The number of hydrogen-bond donors (Lipinski definition) is 2. The van der Waals surface area contributed by atoms with Gasteiger partial charge in [0.1, 0.15) is 6.04 Å². The predicted octanol–water partition coefficient (Wildman–Crippen LogP) is 3.40. The maximum atomic E-state index is 12.4. The zero-order chi connectivity index (χ0) is 16.7. The van der Waals surface area contributed by atoms with Crippen LogP contribution in [0.1, 0.15) is 50.9 Å². The van der Waals surface area contributed by atoms with Gasteiger partial charge in [0, 0.05) is 16.6 Å². The minimum absolute atomic E-state index is 0.00520. The molecule has 1 atom stereocenters. The second-order valence-electron chi connectivity index (χ2n) is 5.72. The van der Waals surface area contributed by atoms with E-state index in [9.17, 15) is 9.59 Å². The fraction of sp³-hybridized carbons (Fsp3) is 0.529. The maximum absolute atomic E-state index is 12.4. The smallest absolute Gasteiger partial charge is 0.251 e. The monoisotopic (exact) mass is 324 g/mol. The van der Waals surface area contributed by atoms with Gasteiger partial charge in [-0.25, -0.2) is 0 Å². The Bertz CT molecular complexity index is 496. The minimum Gasteiger partial charge on any atom is -0.352 e. The molecule has 0 bridgehead atoms. The van der Waals surface area contributed by atoms with Gasteiger partial charge in [-0.3, -0.25) is 9.59 Å². The molecule has 2 N–H and O–H groups in total. The summed E-state index contributed by atoms with van der Waals surface area (Å²) in [5.74, 6) is -0.397. The number of carbonyl (C=O) groups is 2. The number of hydrogen-bond acceptors (Lipinski definition) is 2. The molecule has 1 unspecified atom stereocenters. The third-order valence-electron chi connectivity index (χ3n) is 3.67. The molecule has 4 nitrogen and oxygen atoms in total. The van der Waals surface area contributed by atoms with Gasteiger partial charge < -0.3 is 10.6 Å². The molecule has 0 heterocycles. The molecule has 1 rings (SSSR count). The van der Waals surface area contributed by atoms with E-state index in [2.05, 4.69) is 10.6 Å². The maximum Gasteiger partial charge on any atom is 0.251 e. The summed E-state index contributed by atoms with van der Waals surface area (Å²) in [5, 5.41) is 6.37. The van der Waals surface area contributed by atoms with Crippen LogP contribution in [0.15, 0.2) is 24.3 Å². The Balaban J connectivity index is 2.77. The molecule has 0 aliphatic rings. The molecule has 5 heteroatoms. The molecule has 0 aliphatic carbocycles. The Labute approximate surface area is 137 Å². The minimum atomic E-state index is -0.552. The van der Waals surface area contributed by atoms with E-state index >= 15 is 0 Å². The SMILES string of the molecule is CCC(CC)NC(=O)C(NC(=O)c1ccc(Cl)cc1)C(C)C. The van der Waals surface area contributed by atoms with Gasteiger partial charge in [0.2, 0.25) is 5.91 Å². The molecule has 0 aliphatic heterocycles. The molecule has 0 spiro atoms. The summed E-state index contributed by atoms with van der Waals surface area (Å²) in [4.78, 5) is 24.7. The van der Waals surface area contributed by atoms with Crippen molar-refractivity contribution in [3.05, 3.63) is 34.9 Å². The second-order valence-corrected chi connectivity index (χ2v) is 6.16. The van der Waals surface area contributed by atoms with Crippen molar-refractivity contribution in [2.75, 3.05) is 0 Å². The molecule has 0 fully saturated rings. The van der Waals surface area contributed by atoms with E-state index in [0.717, 1.165) is 12.8 Å². The molecule has 2 amide bonds. The van der Waals surface area contributed by atoms with E-state index in [1.165, 1.54) is 0 Å². The number of carbonyl (C=O) groups excluding carboxylic acids is 2. The topological polar surface area (TPSA) is 58.2 Å². The molecule has 0 saturated carbocycles. The zero-order valence-electron chi connectivity index (χ0n) is 13.7. The van der Waals surface area contributed by atoms with Crippen molar-refractivity contribution < 1.29 is 9.59 Å². The lowest BCUT2D eigenvalue weighted by molar-refractivity contribution is -0.124. The highest BCUT2D eigenvalue weighted by molar-refractivity contribution is 6.30. The highest BCUT2D eigenvalue weighted by Gasteiger charge is 2.25. The summed E-state index contributed by atoms with van der Waals surface area (Å²) < 4.78 is 0. The first-order valence-corrected chi connectivity index (χ1v) is 8.13. The number of rotatable bonds is 7. The average molecular weight is 325 g/mol. The fourth-order valence-electron chi connectivity index (χ4n) is 2.14. The van der Waals surface area contributed by atoms with Crippen molar-refractivity contribution in [2.24, 2.45) is 5.92 Å². The number of halogens is 1. The van der Waals surface area contributed by atoms with Crippen LogP contribution in [-0.2, 0) is 4.79 Å². The van der Waals surface area contributed by atoms with Crippen LogP contribution in [-0.4, -0.2) is 23.9 Å². The highest BCUT2D eigenvalue weighted by Crippen LogP contribution is 2.11. The molecule has 0 aromatic heterocycles.